The Bertz CT molecular complexity index is 759. The Labute approximate surface area is 202 Å². The Morgan fingerprint density at radius 1 is 0.912 bits per heavy atom. The van der Waals surface area contributed by atoms with E-state index in [1.54, 1.807) is 13.8 Å². The fourth-order valence-corrected chi connectivity index (χ4v) is 2.96. The van der Waals surface area contributed by atoms with Gasteiger partial charge >= 0.3 is 11.9 Å². The Morgan fingerprint density at radius 3 is 1.97 bits per heavy atom. The topological polar surface area (TPSA) is 252 Å². The second kappa shape index (κ2) is 15.7. The third-order valence-electron chi connectivity index (χ3n) is 4.63. The molecular weight excluding hydrogens is 470 g/mol. The molecule has 15 heteroatoms. The van der Waals surface area contributed by atoms with Crippen molar-refractivity contribution >= 4 is 48.2 Å². The minimum Gasteiger partial charge on any atom is -0.481 e. The quantitative estimate of drug-likeness (QED) is 0.0456. The molecule has 11 N–H and O–H groups in total. The second-order valence-corrected chi connectivity index (χ2v) is 8.23. The minimum absolute atomic E-state index is 0.0751. The Balaban J connectivity index is 5.07. The van der Waals surface area contributed by atoms with Crippen LogP contribution < -0.4 is 33.2 Å². The number of guanidine groups is 1. The van der Waals surface area contributed by atoms with Gasteiger partial charge in [-0.2, -0.15) is 12.6 Å². The van der Waals surface area contributed by atoms with Crippen molar-refractivity contribution < 1.29 is 34.2 Å². The zero-order chi connectivity index (χ0) is 26.4. The summed E-state index contributed by atoms with van der Waals surface area (Å²) >= 11 is 4.02. The van der Waals surface area contributed by atoms with Crippen molar-refractivity contribution in [3.05, 3.63) is 0 Å². The number of carbonyl (C=O) groups excluding carboxylic acids is 3. The summed E-state index contributed by atoms with van der Waals surface area (Å²) in [5, 5.41) is 25.1. The summed E-state index contributed by atoms with van der Waals surface area (Å²) in [7, 11) is 0. The van der Waals surface area contributed by atoms with E-state index in [4.69, 9.17) is 22.3 Å². The first-order valence-corrected chi connectivity index (χ1v) is 11.2. The van der Waals surface area contributed by atoms with Gasteiger partial charge in [-0.15, -0.1) is 0 Å². The van der Waals surface area contributed by atoms with E-state index in [9.17, 15) is 29.1 Å². The molecule has 0 aromatic carbocycles. The van der Waals surface area contributed by atoms with Gasteiger partial charge in [0.25, 0.3) is 0 Å². The number of hydrogen-bond donors (Lipinski definition) is 9. The molecule has 0 aliphatic heterocycles. The van der Waals surface area contributed by atoms with Crippen LogP contribution >= 0.6 is 12.6 Å². The van der Waals surface area contributed by atoms with Gasteiger partial charge in [0, 0.05) is 18.7 Å². The predicted molar refractivity (Wildman–Crippen MR) is 127 cm³/mol. The second-order valence-electron chi connectivity index (χ2n) is 7.86. The van der Waals surface area contributed by atoms with Gasteiger partial charge in [0.2, 0.25) is 17.7 Å². The summed E-state index contributed by atoms with van der Waals surface area (Å²) in [6.45, 7) is 3.65. The predicted octanol–water partition coefficient (Wildman–Crippen LogP) is -2.64. The van der Waals surface area contributed by atoms with Crippen molar-refractivity contribution in [3.63, 3.8) is 0 Å². The molecule has 3 amide bonds. The first-order valence-electron chi connectivity index (χ1n) is 10.6. The molecule has 14 nitrogen and oxygen atoms in total. The molecule has 0 aromatic heterocycles. The van der Waals surface area contributed by atoms with Crippen molar-refractivity contribution in [3.8, 4) is 0 Å². The number of aliphatic imine (C=N–C) groups is 1. The SMILES string of the molecule is CC(C)C(NC(=O)C(N)CCCN=C(N)N)C(=O)NC(CS)C(=O)NC(CCC(=O)O)C(=O)O. The lowest BCUT2D eigenvalue weighted by Gasteiger charge is -2.26. The van der Waals surface area contributed by atoms with Crippen LogP contribution in [-0.2, 0) is 24.0 Å². The number of nitrogens with one attached hydrogen (secondary N) is 3. The monoisotopic (exact) mass is 505 g/mol. The number of carbonyl (C=O) groups is 5. The van der Waals surface area contributed by atoms with Gasteiger partial charge in [0.05, 0.1) is 6.04 Å². The summed E-state index contributed by atoms with van der Waals surface area (Å²) in [5.41, 5.74) is 16.3. The highest BCUT2D eigenvalue weighted by Gasteiger charge is 2.31. The lowest BCUT2D eigenvalue weighted by atomic mass is 10.0. The van der Waals surface area contributed by atoms with Gasteiger partial charge in [0.15, 0.2) is 5.96 Å². The van der Waals surface area contributed by atoms with Crippen molar-refractivity contribution in [2.24, 2.45) is 28.1 Å². The normalized spacial score (nSPS) is 14.3. The maximum atomic E-state index is 12.8. The molecule has 4 atom stereocenters. The van der Waals surface area contributed by atoms with Crippen LogP contribution in [0.25, 0.3) is 0 Å². The average Bonchev–Trinajstić information content (AvgIpc) is 2.74. The van der Waals surface area contributed by atoms with Gasteiger partial charge in [-0.1, -0.05) is 13.8 Å². The number of hydrogen-bond acceptors (Lipinski definition) is 8. The van der Waals surface area contributed by atoms with Crippen LogP contribution in [0.1, 0.15) is 39.5 Å². The number of rotatable bonds is 16. The van der Waals surface area contributed by atoms with Crippen molar-refractivity contribution in [1.29, 1.82) is 0 Å². The van der Waals surface area contributed by atoms with E-state index in [0.29, 0.717) is 13.0 Å². The number of thiol groups is 1. The van der Waals surface area contributed by atoms with Crippen LogP contribution in [0.15, 0.2) is 4.99 Å². The summed E-state index contributed by atoms with van der Waals surface area (Å²) in [5.74, 6) is -5.38. The van der Waals surface area contributed by atoms with E-state index < -0.39 is 60.2 Å². The number of nitrogens with two attached hydrogens (primary N) is 3. The van der Waals surface area contributed by atoms with E-state index in [1.165, 1.54) is 0 Å². The molecule has 0 saturated heterocycles. The summed E-state index contributed by atoms with van der Waals surface area (Å²) in [4.78, 5) is 63.4. The zero-order valence-electron chi connectivity index (χ0n) is 19.2. The van der Waals surface area contributed by atoms with Crippen LogP contribution in [0.3, 0.4) is 0 Å². The number of aliphatic carboxylic acids is 2. The molecule has 0 aromatic rings. The summed E-state index contributed by atoms with van der Waals surface area (Å²) < 4.78 is 0. The maximum Gasteiger partial charge on any atom is 0.326 e. The Kier molecular flexibility index (Phi) is 14.3. The van der Waals surface area contributed by atoms with Gasteiger partial charge in [-0.3, -0.25) is 24.2 Å². The number of amides is 3. The van der Waals surface area contributed by atoms with Crippen molar-refractivity contribution in [1.82, 2.24) is 16.0 Å². The molecule has 0 bridgehead atoms. The average molecular weight is 506 g/mol. The molecule has 194 valence electrons. The van der Waals surface area contributed by atoms with Crippen LogP contribution in [0.5, 0.6) is 0 Å². The minimum atomic E-state index is -1.46. The van der Waals surface area contributed by atoms with E-state index in [-0.39, 0.29) is 30.5 Å². The van der Waals surface area contributed by atoms with E-state index in [0.717, 1.165) is 0 Å². The zero-order valence-corrected chi connectivity index (χ0v) is 20.1. The highest BCUT2D eigenvalue weighted by Crippen LogP contribution is 2.06. The Hall–Kier alpha value is -3.07. The van der Waals surface area contributed by atoms with Crippen molar-refractivity contribution in [2.75, 3.05) is 12.3 Å². The molecule has 4 unspecified atom stereocenters. The summed E-state index contributed by atoms with van der Waals surface area (Å²) in [6, 6.07) is -4.64. The van der Waals surface area contributed by atoms with Crippen molar-refractivity contribution in [2.45, 2.75) is 63.7 Å². The lowest BCUT2D eigenvalue weighted by molar-refractivity contribution is -0.143. The van der Waals surface area contributed by atoms with Gasteiger partial charge in [0.1, 0.15) is 18.1 Å². The lowest BCUT2D eigenvalue weighted by Crippen LogP contribution is -2.58. The fourth-order valence-electron chi connectivity index (χ4n) is 2.70. The first-order chi connectivity index (χ1) is 15.8. The molecule has 0 saturated carbocycles. The van der Waals surface area contributed by atoms with E-state index >= 15 is 0 Å². The third kappa shape index (κ3) is 12.2. The Morgan fingerprint density at radius 2 is 1.50 bits per heavy atom. The van der Waals surface area contributed by atoms with E-state index in [2.05, 4.69) is 33.6 Å². The van der Waals surface area contributed by atoms with Crippen LogP contribution in [0.2, 0.25) is 0 Å². The molecule has 0 aliphatic carbocycles. The highest BCUT2D eigenvalue weighted by molar-refractivity contribution is 7.80. The van der Waals surface area contributed by atoms with Crippen LogP contribution in [0, 0.1) is 5.92 Å². The molecule has 0 fully saturated rings. The maximum absolute atomic E-state index is 12.8. The standard InChI is InChI=1S/C19H35N7O7S/c1-9(2)14(26-15(29)10(20)4-3-7-23-19(21)22)17(31)25-12(8-34)16(30)24-11(18(32)33)5-6-13(27)28/h9-12,14,34H,3-8,20H2,1-2H3,(H,24,30)(H,25,31)(H,26,29)(H,27,28)(H,32,33)(H4,21,22,23). The smallest absolute Gasteiger partial charge is 0.326 e. The molecular formula is C19H35N7O7S. The number of nitrogens with zero attached hydrogens (tertiary/aromatic N) is 1. The van der Waals surface area contributed by atoms with Crippen LogP contribution in [0.4, 0.5) is 0 Å². The summed E-state index contributed by atoms with van der Waals surface area (Å²) in [6.07, 6.45) is -0.0958. The molecule has 0 aliphatic rings. The molecule has 0 rings (SSSR count). The van der Waals surface area contributed by atoms with Gasteiger partial charge in [-0.25, -0.2) is 4.79 Å². The third-order valence-corrected chi connectivity index (χ3v) is 4.99. The highest BCUT2D eigenvalue weighted by atomic mass is 32.1. The van der Waals surface area contributed by atoms with Crippen LogP contribution in [-0.4, -0.2) is 82.3 Å². The fraction of sp³-hybridized carbons (Fsp3) is 0.684. The number of carboxylic acids is 2. The van der Waals surface area contributed by atoms with Gasteiger partial charge < -0.3 is 43.4 Å². The van der Waals surface area contributed by atoms with Gasteiger partial charge in [-0.05, 0) is 25.2 Å². The molecule has 0 spiro atoms. The first kappa shape index (κ1) is 30.9. The van der Waals surface area contributed by atoms with E-state index in [1.807, 2.05) is 0 Å². The molecule has 34 heavy (non-hydrogen) atoms. The molecule has 0 heterocycles. The molecule has 0 radical (unpaired) electrons. The largest absolute Gasteiger partial charge is 0.481 e. The number of carboxylic acid groups (broad SMARTS) is 2.